The lowest BCUT2D eigenvalue weighted by Gasteiger charge is -1.98. The highest BCUT2D eigenvalue weighted by Gasteiger charge is 2.02. The van der Waals surface area contributed by atoms with Gasteiger partial charge in [0.15, 0.2) is 5.82 Å². The first-order valence-electron chi connectivity index (χ1n) is 3.60. The van der Waals surface area contributed by atoms with Gasteiger partial charge in [0.05, 0.1) is 5.69 Å². The summed E-state index contributed by atoms with van der Waals surface area (Å²) in [6.07, 6.45) is 1.42. The van der Waals surface area contributed by atoms with Crippen LogP contribution in [0.5, 0.6) is 0 Å². The van der Waals surface area contributed by atoms with Gasteiger partial charge in [0.25, 0.3) is 0 Å². The van der Waals surface area contributed by atoms with Gasteiger partial charge in [-0.3, -0.25) is 0 Å². The van der Waals surface area contributed by atoms with E-state index in [1.807, 2.05) is 12.1 Å². The second kappa shape index (κ2) is 2.46. The second-order valence-electron chi connectivity index (χ2n) is 2.47. The van der Waals surface area contributed by atoms with Crippen LogP contribution in [0.3, 0.4) is 0 Å². The van der Waals surface area contributed by atoms with Gasteiger partial charge in [-0.2, -0.15) is 5.10 Å². The number of hydrogen-bond donors (Lipinski definition) is 2. The molecule has 2 heterocycles. The van der Waals surface area contributed by atoms with E-state index in [1.165, 1.54) is 6.33 Å². The minimum absolute atomic E-state index is 0.449. The maximum absolute atomic E-state index is 5.61. The van der Waals surface area contributed by atoms with E-state index in [1.54, 1.807) is 4.52 Å². The van der Waals surface area contributed by atoms with Crippen molar-refractivity contribution in [3.63, 3.8) is 0 Å². The summed E-state index contributed by atoms with van der Waals surface area (Å²) in [6.45, 7) is 0.449. The van der Waals surface area contributed by atoms with Crippen LogP contribution in [0.25, 0.3) is 5.52 Å². The first-order chi connectivity index (χ1) is 5.83. The monoisotopic (exact) mass is 163 g/mol. The average molecular weight is 163 g/mol. The third kappa shape index (κ3) is 0.835. The van der Waals surface area contributed by atoms with Crippen LogP contribution in [0.4, 0.5) is 5.82 Å². The molecule has 0 radical (unpaired) electrons. The zero-order chi connectivity index (χ0) is 8.55. The molecule has 0 aromatic carbocycles. The predicted molar refractivity (Wildman–Crippen MR) is 45.3 cm³/mol. The van der Waals surface area contributed by atoms with Gasteiger partial charge < -0.3 is 11.5 Å². The van der Waals surface area contributed by atoms with Crippen molar-refractivity contribution in [1.29, 1.82) is 0 Å². The van der Waals surface area contributed by atoms with E-state index in [0.717, 1.165) is 11.2 Å². The molecule has 4 N–H and O–H groups in total. The second-order valence-corrected chi connectivity index (χ2v) is 2.47. The van der Waals surface area contributed by atoms with E-state index in [-0.39, 0.29) is 0 Å². The molecule has 0 saturated carbocycles. The fraction of sp³-hybridized carbons (Fsp3) is 0.143. The molecule has 0 unspecified atom stereocenters. The van der Waals surface area contributed by atoms with E-state index < -0.39 is 0 Å². The molecular formula is C7H9N5. The number of rotatable bonds is 1. The molecule has 0 aliphatic heterocycles. The van der Waals surface area contributed by atoms with Crippen LogP contribution < -0.4 is 11.5 Å². The Morgan fingerprint density at radius 1 is 1.42 bits per heavy atom. The van der Waals surface area contributed by atoms with Crippen molar-refractivity contribution >= 4 is 11.3 Å². The van der Waals surface area contributed by atoms with Crippen molar-refractivity contribution in [3.8, 4) is 0 Å². The van der Waals surface area contributed by atoms with Crippen LogP contribution in [-0.4, -0.2) is 14.6 Å². The summed E-state index contributed by atoms with van der Waals surface area (Å²) in [5.41, 5.74) is 12.8. The zero-order valence-corrected chi connectivity index (χ0v) is 6.44. The largest absolute Gasteiger partial charge is 0.382 e. The normalized spacial score (nSPS) is 10.8. The summed E-state index contributed by atoms with van der Waals surface area (Å²) in [4.78, 5) is 3.86. The molecule has 0 fully saturated rings. The Labute approximate surface area is 69.0 Å². The van der Waals surface area contributed by atoms with Crippen LogP contribution in [0.2, 0.25) is 0 Å². The summed E-state index contributed by atoms with van der Waals surface area (Å²) in [6, 6.07) is 3.75. The molecular weight excluding hydrogens is 154 g/mol. The van der Waals surface area contributed by atoms with E-state index in [4.69, 9.17) is 11.5 Å². The third-order valence-corrected chi connectivity index (χ3v) is 1.77. The molecule has 2 rings (SSSR count). The highest BCUT2D eigenvalue weighted by molar-refractivity contribution is 5.65. The molecule has 2 aromatic heterocycles. The Bertz CT molecular complexity index is 405. The van der Waals surface area contributed by atoms with Gasteiger partial charge in [-0.05, 0) is 12.1 Å². The molecule has 0 bridgehead atoms. The molecule has 12 heavy (non-hydrogen) atoms. The molecule has 5 heteroatoms. The summed E-state index contributed by atoms with van der Waals surface area (Å²) >= 11 is 0. The summed E-state index contributed by atoms with van der Waals surface area (Å²) < 4.78 is 1.70. The van der Waals surface area contributed by atoms with Gasteiger partial charge in [0, 0.05) is 6.54 Å². The maximum atomic E-state index is 5.61. The smallest absolute Gasteiger partial charge is 0.151 e. The van der Waals surface area contributed by atoms with Gasteiger partial charge >= 0.3 is 0 Å². The molecule has 0 aliphatic carbocycles. The topological polar surface area (TPSA) is 82.2 Å². The highest BCUT2D eigenvalue weighted by Crippen LogP contribution is 2.11. The average Bonchev–Trinajstić information content (AvgIpc) is 2.49. The van der Waals surface area contributed by atoms with Gasteiger partial charge in [0.2, 0.25) is 0 Å². The SMILES string of the molecule is NCc1ccc2c(N)ncnn12. The Kier molecular flexibility index (Phi) is 1.44. The van der Waals surface area contributed by atoms with Gasteiger partial charge in [-0.25, -0.2) is 9.50 Å². The number of nitrogens with two attached hydrogens (primary N) is 2. The lowest BCUT2D eigenvalue weighted by atomic mass is 10.4. The molecule has 0 spiro atoms. The highest BCUT2D eigenvalue weighted by atomic mass is 15.3. The van der Waals surface area contributed by atoms with Gasteiger partial charge in [0.1, 0.15) is 11.8 Å². The number of anilines is 1. The van der Waals surface area contributed by atoms with E-state index in [0.29, 0.717) is 12.4 Å². The standard InChI is InChI=1S/C7H9N5/c8-3-5-1-2-6-7(9)10-4-11-12(5)6/h1-2,4H,3,8H2,(H2,9,10,11). The Balaban J connectivity index is 2.80. The van der Waals surface area contributed by atoms with Crippen molar-refractivity contribution in [3.05, 3.63) is 24.2 Å². The predicted octanol–water partition coefficient (Wildman–Crippen LogP) is -0.230. The number of nitrogens with zero attached hydrogens (tertiary/aromatic N) is 3. The quantitative estimate of drug-likeness (QED) is 0.608. The van der Waals surface area contributed by atoms with Crippen molar-refractivity contribution in [2.24, 2.45) is 5.73 Å². The molecule has 0 saturated heterocycles. The van der Waals surface area contributed by atoms with E-state index in [9.17, 15) is 0 Å². The van der Waals surface area contributed by atoms with Crippen molar-refractivity contribution in [2.75, 3.05) is 5.73 Å². The number of fused-ring (bicyclic) bond motifs is 1. The first kappa shape index (κ1) is 7.05. The number of nitrogen functional groups attached to an aromatic ring is 1. The maximum Gasteiger partial charge on any atom is 0.151 e. The first-order valence-corrected chi connectivity index (χ1v) is 3.60. The molecule has 0 atom stereocenters. The van der Waals surface area contributed by atoms with Crippen LogP contribution >= 0.6 is 0 Å². The van der Waals surface area contributed by atoms with Crippen LogP contribution in [-0.2, 0) is 6.54 Å². The zero-order valence-electron chi connectivity index (χ0n) is 6.44. The summed E-state index contributed by atoms with van der Waals surface area (Å²) in [5, 5.41) is 4.02. The summed E-state index contributed by atoms with van der Waals surface area (Å²) in [5.74, 6) is 0.477. The molecule has 62 valence electrons. The number of aromatic nitrogens is 3. The lowest BCUT2D eigenvalue weighted by molar-refractivity contribution is 0.829. The molecule has 0 aliphatic rings. The van der Waals surface area contributed by atoms with E-state index in [2.05, 4.69) is 10.1 Å². The fourth-order valence-electron chi connectivity index (χ4n) is 1.16. The van der Waals surface area contributed by atoms with Crippen molar-refractivity contribution in [2.45, 2.75) is 6.54 Å². The fourth-order valence-corrected chi connectivity index (χ4v) is 1.16. The Morgan fingerprint density at radius 3 is 3.00 bits per heavy atom. The molecule has 2 aromatic rings. The van der Waals surface area contributed by atoms with Crippen LogP contribution in [0.1, 0.15) is 5.69 Å². The number of hydrogen-bond acceptors (Lipinski definition) is 4. The minimum Gasteiger partial charge on any atom is -0.382 e. The van der Waals surface area contributed by atoms with Gasteiger partial charge in [-0.15, -0.1) is 0 Å². The minimum atomic E-state index is 0.449. The van der Waals surface area contributed by atoms with Crippen molar-refractivity contribution in [1.82, 2.24) is 14.6 Å². The molecule has 5 nitrogen and oxygen atoms in total. The Morgan fingerprint density at radius 2 is 2.25 bits per heavy atom. The molecule has 0 amide bonds. The van der Waals surface area contributed by atoms with E-state index >= 15 is 0 Å². The lowest BCUT2D eigenvalue weighted by Crippen LogP contribution is -2.05. The van der Waals surface area contributed by atoms with Crippen molar-refractivity contribution < 1.29 is 0 Å². The van der Waals surface area contributed by atoms with Crippen LogP contribution in [0.15, 0.2) is 18.5 Å². The third-order valence-electron chi connectivity index (χ3n) is 1.77. The van der Waals surface area contributed by atoms with Crippen LogP contribution in [0, 0.1) is 0 Å². The van der Waals surface area contributed by atoms with Gasteiger partial charge in [-0.1, -0.05) is 0 Å². The Hall–Kier alpha value is -1.62. The summed E-state index contributed by atoms with van der Waals surface area (Å²) in [7, 11) is 0.